The number of nitrogens with two attached hydrogens (primary N) is 1. The molecule has 2 aromatic heterocycles. The maximum atomic E-state index is 16.2. The molecular weight excluding hydrogens is 629 g/mol. The van der Waals surface area contributed by atoms with Crippen LogP contribution in [0.1, 0.15) is 47.1 Å². The number of nitrogens with zero attached hydrogens (tertiary/aromatic N) is 2. The van der Waals surface area contributed by atoms with Crippen LogP contribution in [0, 0.1) is 12.7 Å². The van der Waals surface area contributed by atoms with E-state index < -0.39 is 40.9 Å². The molecule has 234 valence electrons. The van der Waals surface area contributed by atoms with Crippen LogP contribution in [0.15, 0.2) is 42.5 Å². The van der Waals surface area contributed by atoms with E-state index in [-0.39, 0.29) is 52.7 Å². The van der Waals surface area contributed by atoms with Gasteiger partial charge in [0.2, 0.25) is 5.91 Å². The van der Waals surface area contributed by atoms with Crippen molar-refractivity contribution < 1.29 is 33.0 Å². The molecule has 0 unspecified atom stereocenters. The van der Waals surface area contributed by atoms with Crippen LogP contribution in [0.3, 0.4) is 0 Å². The van der Waals surface area contributed by atoms with Crippen molar-refractivity contribution >= 4 is 45.9 Å². The first-order valence-electron chi connectivity index (χ1n) is 14.0. The summed E-state index contributed by atoms with van der Waals surface area (Å²) in [5.41, 5.74) is 1.65. The van der Waals surface area contributed by atoms with E-state index in [0.29, 0.717) is 32.9 Å². The smallest absolute Gasteiger partial charge is 0.251 e. The number of carbonyl (C=O) groups excluding carboxylic acids is 2. The van der Waals surface area contributed by atoms with E-state index >= 15 is 4.39 Å². The number of ether oxygens (including phenoxy) is 2. The third-order valence-corrected chi connectivity index (χ3v) is 9.33. The Morgan fingerprint density at radius 3 is 2.53 bits per heavy atom. The van der Waals surface area contributed by atoms with Gasteiger partial charge in [-0.15, -0.1) is 0 Å². The highest BCUT2D eigenvalue weighted by Crippen LogP contribution is 2.55. The molecule has 2 amide bonds. The molecule has 0 saturated heterocycles. The second-order valence-corrected chi connectivity index (χ2v) is 12.5. The molecule has 2 atom stereocenters. The highest BCUT2D eigenvalue weighted by Gasteiger charge is 2.62. The monoisotopic (exact) mass is 656 g/mol. The van der Waals surface area contributed by atoms with Crippen LogP contribution in [0.2, 0.25) is 10.0 Å². The number of hydrogen-bond donors (Lipinski definition) is 3. The number of halogens is 4. The Hall–Kier alpha value is -4.06. The highest BCUT2D eigenvalue weighted by atomic mass is 35.5. The van der Waals surface area contributed by atoms with E-state index in [1.807, 2.05) is 0 Å². The Bertz CT molecular complexity index is 1920. The van der Waals surface area contributed by atoms with Gasteiger partial charge in [0, 0.05) is 22.1 Å². The highest BCUT2D eigenvalue weighted by molar-refractivity contribution is 6.32. The van der Waals surface area contributed by atoms with Gasteiger partial charge in [0.1, 0.15) is 46.2 Å². The zero-order valence-electron chi connectivity index (χ0n) is 24.4. The number of amides is 2. The third kappa shape index (κ3) is 5.03. The van der Waals surface area contributed by atoms with E-state index in [0.717, 1.165) is 6.07 Å². The van der Waals surface area contributed by atoms with Crippen molar-refractivity contribution in [3.8, 4) is 22.8 Å². The Balaban J connectivity index is 1.43. The lowest BCUT2D eigenvalue weighted by molar-refractivity contribution is -0.123. The predicted molar refractivity (Wildman–Crippen MR) is 164 cm³/mol. The first-order valence-corrected chi connectivity index (χ1v) is 14.7. The molecule has 1 saturated carbocycles. The lowest BCUT2D eigenvalue weighted by Crippen LogP contribution is -2.49. The number of rotatable bonds is 8. The van der Waals surface area contributed by atoms with Crippen LogP contribution in [0.5, 0.6) is 11.5 Å². The van der Waals surface area contributed by atoms with Crippen molar-refractivity contribution in [2.45, 2.75) is 43.4 Å². The van der Waals surface area contributed by atoms with Gasteiger partial charge in [-0.2, -0.15) is 0 Å². The molecule has 1 aliphatic heterocycles. The maximum Gasteiger partial charge on any atom is 0.251 e. The number of aliphatic hydroxyl groups is 1. The second kappa shape index (κ2) is 10.8. The van der Waals surface area contributed by atoms with E-state index in [2.05, 4.69) is 15.3 Å². The fraction of sp³-hybridized carbons (Fsp3) is 0.312. The molecule has 3 heterocycles. The zero-order valence-corrected chi connectivity index (χ0v) is 25.9. The number of methoxy groups -OCH3 is 1. The minimum atomic E-state index is -2.35. The van der Waals surface area contributed by atoms with Gasteiger partial charge < -0.3 is 25.6 Å². The summed E-state index contributed by atoms with van der Waals surface area (Å²) in [6, 6.07) is 9.92. The average Bonchev–Trinajstić information content (AvgIpc) is 3.68. The SMILES string of the molecule is COc1cc(C(=O)NC[C@](O)(c2cc3c(c(-c4ccc(F)c(Cl)c4)n2)OC[C@]3(C)C(N)=O)C2(F)CC2)cc2cc(Cl)c(C)nc12. The van der Waals surface area contributed by atoms with Crippen LogP contribution in [0.4, 0.5) is 8.78 Å². The second-order valence-electron chi connectivity index (χ2n) is 11.7. The van der Waals surface area contributed by atoms with E-state index in [1.54, 1.807) is 26.0 Å². The summed E-state index contributed by atoms with van der Waals surface area (Å²) in [5, 5.41) is 15.5. The topological polar surface area (TPSA) is 137 Å². The van der Waals surface area contributed by atoms with E-state index in [4.69, 9.17) is 38.4 Å². The standard InChI is InChI=1S/C32H28Cl2F2N4O5/c1-15-20(33)10-17-8-18(11-23(44-3)25(17)39-15)28(41)38-13-32(43,31(36)6-7-31)24-12-19-27(45-14-30(19,2)29(37)42)26(40-24)16-4-5-22(35)21(34)9-16/h4-5,8-12,43H,6-7,13-14H2,1-3H3,(H2,37,42)(H,38,41)/t30-,32-/m0/s1. The summed E-state index contributed by atoms with van der Waals surface area (Å²) in [7, 11) is 1.44. The molecule has 4 N–H and O–H groups in total. The molecule has 0 bridgehead atoms. The van der Waals surface area contributed by atoms with Crippen LogP contribution in [-0.4, -0.2) is 52.8 Å². The van der Waals surface area contributed by atoms with Crippen LogP contribution >= 0.6 is 23.2 Å². The number of fused-ring (bicyclic) bond motifs is 2. The number of nitrogens with one attached hydrogen (secondary N) is 1. The Morgan fingerprint density at radius 1 is 1.16 bits per heavy atom. The molecule has 1 fully saturated rings. The maximum absolute atomic E-state index is 16.2. The summed E-state index contributed by atoms with van der Waals surface area (Å²) in [6.45, 7) is 2.59. The van der Waals surface area contributed by atoms with Gasteiger partial charge in [0.25, 0.3) is 5.91 Å². The molecule has 0 spiro atoms. The largest absolute Gasteiger partial charge is 0.494 e. The van der Waals surface area contributed by atoms with Crippen LogP contribution in [-0.2, 0) is 15.8 Å². The van der Waals surface area contributed by atoms with Crippen molar-refractivity contribution in [2.24, 2.45) is 5.73 Å². The first kappa shape index (κ1) is 30.9. The first-order chi connectivity index (χ1) is 21.2. The molecular formula is C32H28Cl2F2N4O5. The van der Waals surface area contributed by atoms with Crippen molar-refractivity contribution in [1.82, 2.24) is 15.3 Å². The fourth-order valence-corrected chi connectivity index (χ4v) is 5.90. The van der Waals surface area contributed by atoms with Crippen molar-refractivity contribution in [2.75, 3.05) is 20.3 Å². The van der Waals surface area contributed by atoms with Crippen molar-refractivity contribution in [1.29, 1.82) is 0 Å². The van der Waals surface area contributed by atoms with Gasteiger partial charge in [-0.3, -0.25) is 9.59 Å². The molecule has 45 heavy (non-hydrogen) atoms. The number of alkyl halides is 1. The molecule has 13 heteroatoms. The quantitative estimate of drug-likeness (QED) is 0.234. The van der Waals surface area contributed by atoms with Crippen LogP contribution < -0.4 is 20.5 Å². The van der Waals surface area contributed by atoms with Gasteiger partial charge in [0.15, 0.2) is 5.60 Å². The molecule has 9 nitrogen and oxygen atoms in total. The average molecular weight is 658 g/mol. The fourth-order valence-electron chi connectivity index (χ4n) is 5.56. The summed E-state index contributed by atoms with van der Waals surface area (Å²) in [6.07, 6.45) is -0.0144. The number of pyridine rings is 2. The third-order valence-electron chi connectivity index (χ3n) is 8.66. The number of aromatic nitrogens is 2. The number of primary amides is 1. The molecule has 6 rings (SSSR count). The predicted octanol–water partition coefficient (Wildman–Crippen LogP) is 5.31. The van der Waals surface area contributed by atoms with Gasteiger partial charge in [-0.1, -0.05) is 23.2 Å². The Morgan fingerprint density at radius 2 is 1.89 bits per heavy atom. The zero-order chi connectivity index (χ0) is 32.5. The molecule has 4 aromatic rings. The summed E-state index contributed by atoms with van der Waals surface area (Å²) < 4.78 is 41.5. The van der Waals surface area contributed by atoms with Gasteiger partial charge >= 0.3 is 0 Å². The van der Waals surface area contributed by atoms with E-state index in [1.165, 1.54) is 31.4 Å². The molecule has 2 aliphatic rings. The Kier molecular flexibility index (Phi) is 7.42. The summed E-state index contributed by atoms with van der Waals surface area (Å²) in [4.78, 5) is 35.1. The van der Waals surface area contributed by atoms with Crippen molar-refractivity contribution in [3.63, 3.8) is 0 Å². The molecule has 1 aliphatic carbocycles. The van der Waals surface area contributed by atoms with Gasteiger partial charge in [0.05, 0.1) is 35.1 Å². The number of carbonyl (C=O) groups is 2. The molecule has 0 radical (unpaired) electrons. The number of aryl methyl sites for hydroxylation is 1. The minimum absolute atomic E-state index is 0.00719. The lowest BCUT2D eigenvalue weighted by atomic mass is 9.80. The minimum Gasteiger partial charge on any atom is -0.494 e. The van der Waals surface area contributed by atoms with Gasteiger partial charge in [-0.25, -0.2) is 18.7 Å². The lowest BCUT2D eigenvalue weighted by Gasteiger charge is -2.33. The normalized spacial score (nSPS) is 19.4. The molecule has 2 aromatic carbocycles. The van der Waals surface area contributed by atoms with Gasteiger partial charge in [-0.05, 0) is 69.2 Å². The summed E-state index contributed by atoms with van der Waals surface area (Å²) in [5.74, 6) is -1.52. The number of hydrogen-bond acceptors (Lipinski definition) is 7. The van der Waals surface area contributed by atoms with E-state index in [9.17, 15) is 19.1 Å². The Labute approximate surface area is 266 Å². The summed E-state index contributed by atoms with van der Waals surface area (Å²) >= 11 is 12.3. The van der Waals surface area contributed by atoms with Crippen molar-refractivity contribution in [3.05, 3.63) is 80.8 Å². The van der Waals surface area contributed by atoms with Crippen LogP contribution in [0.25, 0.3) is 22.2 Å². The number of benzene rings is 2.